The summed E-state index contributed by atoms with van der Waals surface area (Å²) >= 11 is 0. The van der Waals surface area contributed by atoms with Gasteiger partial charge in [-0.25, -0.2) is 8.42 Å². The molecule has 2 aliphatic rings. The molecule has 0 atom stereocenters. The minimum atomic E-state index is -3.69. The Hall–Kier alpha value is -2.26. The first-order valence-electron chi connectivity index (χ1n) is 8.70. The molecule has 8 nitrogen and oxygen atoms in total. The average molecular weight is 375 g/mol. The van der Waals surface area contributed by atoms with Gasteiger partial charge in [0.1, 0.15) is 10.6 Å². The van der Waals surface area contributed by atoms with E-state index in [1.807, 2.05) is 0 Å². The highest BCUT2D eigenvalue weighted by atomic mass is 32.2. The van der Waals surface area contributed by atoms with Crippen molar-refractivity contribution in [2.75, 3.05) is 26.2 Å². The van der Waals surface area contributed by atoms with Crippen LogP contribution in [0.2, 0.25) is 0 Å². The van der Waals surface area contributed by atoms with Crippen molar-refractivity contribution in [3.05, 3.63) is 30.7 Å². The van der Waals surface area contributed by atoms with Crippen molar-refractivity contribution >= 4 is 15.9 Å². The molecule has 9 heteroatoms. The summed E-state index contributed by atoms with van der Waals surface area (Å²) in [5.74, 6) is 0.327. The largest absolute Gasteiger partial charge is 0.340 e. The van der Waals surface area contributed by atoms with E-state index in [-0.39, 0.29) is 16.7 Å². The average Bonchev–Trinajstić information content (AvgIpc) is 3.43. The van der Waals surface area contributed by atoms with Crippen LogP contribution in [0.5, 0.6) is 0 Å². The van der Waals surface area contributed by atoms with Crippen LogP contribution in [-0.4, -0.2) is 64.5 Å². The Morgan fingerprint density at radius 3 is 2.54 bits per heavy atom. The van der Waals surface area contributed by atoms with Crippen LogP contribution in [0.3, 0.4) is 0 Å². The van der Waals surface area contributed by atoms with Crippen molar-refractivity contribution in [2.45, 2.75) is 17.7 Å². The molecule has 2 fully saturated rings. The minimum Gasteiger partial charge on any atom is -0.340 e. The van der Waals surface area contributed by atoms with Gasteiger partial charge in [0.05, 0.1) is 0 Å². The summed E-state index contributed by atoms with van der Waals surface area (Å²) in [7, 11) is -1.99. The van der Waals surface area contributed by atoms with Crippen molar-refractivity contribution in [3.63, 3.8) is 0 Å². The zero-order valence-corrected chi connectivity index (χ0v) is 15.4. The van der Waals surface area contributed by atoms with Crippen molar-refractivity contribution in [3.8, 4) is 11.3 Å². The summed E-state index contributed by atoms with van der Waals surface area (Å²) in [6.45, 7) is 1.50. The molecule has 138 valence electrons. The van der Waals surface area contributed by atoms with Gasteiger partial charge in [-0.1, -0.05) is 0 Å². The summed E-state index contributed by atoms with van der Waals surface area (Å²) in [6, 6.07) is 3.54. The predicted octanol–water partition coefficient (Wildman–Crippen LogP) is 0.725. The predicted molar refractivity (Wildman–Crippen MR) is 94.5 cm³/mol. The van der Waals surface area contributed by atoms with E-state index in [4.69, 9.17) is 0 Å². The van der Waals surface area contributed by atoms with E-state index in [9.17, 15) is 13.2 Å². The molecule has 1 aliphatic heterocycles. The zero-order chi connectivity index (χ0) is 18.3. The number of piperazine rings is 1. The fourth-order valence-corrected chi connectivity index (χ4v) is 4.85. The number of nitrogens with zero attached hydrogens (tertiary/aromatic N) is 5. The van der Waals surface area contributed by atoms with Crippen LogP contribution in [-0.2, 0) is 21.9 Å². The molecule has 0 unspecified atom stereocenters. The topological polar surface area (TPSA) is 88.4 Å². The van der Waals surface area contributed by atoms with E-state index in [0.717, 1.165) is 12.8 Å². The van der Waals surface area contributed by atoms with Gasteiger partial charge in [0, 0.05) is 63.3 Å². The summed E-state index contributed by atoms with van der Waals surface area (Å²) in [6.07, 6.45) is 6.69. The molecule has 0 radical (unpaired) electrons. The smallest absolute Gasteiger partial charge is 0.246 e. The third kappa shape index (κ3) is 3.12. The van der Waals surface area contributed by atoms with Crippen LogP contribution in [0.1, 0.15) is 12.8 Å². The lowest BCUT2D eigenvalue weighted by Crippen LogP contribution is -2.50. The Morgan fingerprint density at radius 1 is 1.19 bits per heavy atom. The molecule has 2 aromatic heterocycles. The highest BCUT2D eigenvalue weighted by molar-refractivity contribution is 7.89. The highest BCUT2D eigenvalue weighted by Crippen LogP contribution is 2.32. The fraction of sp³-hybridized carbons (Fsp3) is 0.471. The van der Waals surface area contributed by atoms with Gasteiger partial charge in [0.2, 0.25) is 15.9 Å². The molecule has 1 aliphatic carbocycles. The zero-order valence-electron chi connectivity index (χ0n) is 14.6. The van der Waals surface area contributed by atoms with E-state index in [0.29, 0.717) is 37.4 Å². The first kappa shape index (κ1) is 17.2. The van der Waals surface area contributed by atoms with Gasteiger partial charge >= 0.3 is 0 Å². The summed E-state index contributed by atoms with van der Waals surface area (Å²) in [5.41, 5.74) is 1.06. The van der Waals surface area contributed by atoms with Gasteiger partial charge in [-0.2, -0.15) is 9.40 Å². The Morgan fingerprint density at radius 2 is 1.92 bits per heavy atom. The quantitative estimate of drug-likeness (QED) is 0.786. The number of carbonyl (C=O) groups is 1. The van der Waals surface area contributed by atoms with E-state index in [1.54, 1.807) is 36.5 Å². The number of pyridine rings is 1. The first-order chi connectivity index (χ1) is 12.5. The fourth-order valence-electron chi connectivity index (χ4n) is 3.23. The minimum absolute atomic E-state index is 0.161. The lowest BCUT2D eigenvalue weighted by molar-refractivity contribution is -0.133. The lowest BCUT2D eigenvalue weighted by Gasteiger charge is -2.34. The second-order valence-electron chi connectivity index (χ2n) is 6.76. The van der Waals surface area contributed by atoms with Gasteiger partial charge in [0.25, 0.3) is 0 Å². The normalized spacial score (nSPS) is 18.9. The maximum Gasteiger partial charge on any atom is 0.246 e. The van der Waals surface area contributed by atoms with Gasteiger partial charge < -0.3 is 4.90 Å². The van der Waals surface area contributed by atoms with Crippen LogP contribution in [0.25, 0.3) is 11.3 Å². The molecule has 1 amide bonds. The third-order valence-electron chi connectivity index (χ3n) is 4.82. The van der Waals surface area contributed by atoms with E-state index in [2.05, 4.69) is 10.1 Å². The molecule has 2 aromatic rings. The number of amides is 1. The SMILES string of the molecule is Cn1cc(S(=O)(=O)N2CCN(C(=O)C3CC3)CC2)c(-c2cccnc2)n1. The number of rotatable bonds is 4. The van der Waals surface area contributed by atoms with Crippen LogP contribution in [0.4, 0.5) is 0 Å². The molecule has 1 saturated heterocycles. The Kier molecular flexibility index (Phi) is 4.28. The molecule has 26 heavy (non-hydrogen) atoms. The van der Waals surface area contributed by atoms with Gasteiger partial charge in [-0.05, 0) is 25.0 Å². The Balaban J connectivity index is 1.57. The standard InChI is InChI=1S/C17H21N5O3S/c1-20-12-15(16(19-20)14-3-2-6-18-11-14)26(24,25)22-9-7-21(8-10-22)17(23)13-4-5-13/h2-3,6,11-13H,4-5,7-10H2,1H3. The van der Waals surface area contributed by atoms with Crippen molar-refractivity contribution in [1.29, 1.82) is 0 Å². The van der Waals surface area contributed by atoms with Crippen LogP contribution < -0.4 is 0 Å². The first-order valence-corrected chi connectivity index (χ1v) is 10.1. The van der Waals surface area contributed by atoms with Gasteiger partial charge in [0.15, 0.2) is 0 Å². The summed E-state index contributed by atoms with van der Waals surface area (Å²) in [4.78, 5) is 18.2. The number of hydrogen-bond acceptors (Lipinski definition) is 5. The number of aromatic nitrogens is 3. The van der Waals surface area contributed by atoms with E-state index < -0.39 is 10.0 Å². The third-order valence-corrected chi connectivity index (χ3v) is 6.72. The lowest BCUT2D eigenvalue weighted by atomic mass is 10.2. The molecule has 0 spiro atoms. The van der Waals surface area contributed by atoms with Crippen molar-refractivity contribution < 1.29 is 13.2 Å². The molecular formula is C17H21N5O3S. The molecule has 1 saturated carbocycles. The molecule has 4 rings (SSSR count). The summed E-state index contributed by atoms with van der Waals surface area (Å²) < 4.78 is 29.3. The number of carbonyl (C=O) groups excluding carboxylic acids is 1. The van der Waals surface area contributed by atoms with Crippen LogP contribution >= 0.6 is 0 Å². The molecule has 0 bridgehead atoms. The number of sulfonamides is 1. The maximum atomic E-state index is 13.2. The molecule has 0 aromatic carbocycles. The molecule has 0 N–H and O–H groups in total. The van der Waals surface area contributed by atoms with E-state index >= 15 is 0 Å². The maximum absolute atomic E-state index is 13.2. The van der Waals surface area contributed by atoms with Crippen molar-refractivity contribution in [2.24, 2.45) is 13.0 Å². The number of aryl methyl sites for hydroxylation is 1. The number of hydrogen-bond donors (Lipinski definition) is 0. The summed E-state index contributed by atoms with van der Waals surface area (Å²) in [5, 5.41) is 4.32. The second-order valence-corrected chi connectivity index (χ2v) is 8.67. The molecular weight excluding hydrogens is 354 g/mol. The van der Waals surface area contributed by atoms with Crippen LogP contribution in [0.15, 0.2) is 35.6 Å². The highest BCUT2D eigenvalue weighted by Gasteiger charge is 2.37. The Labute approximate surface area is 152 Å². The van der Waals surface area contributed by atoms with Crippen LogP contribution in [0, 0.1) is 5.92 Å². The second kappa shape index (κ2) is 6.48. The molecule has 3 heterocycles. The van der Waals surface area contributed by atoms with Crippen molar-refractivity contribution in [1.82, 2.24) is 24.0 Å². The monoisotopic (exact) mass is 375 g/mol. The van der Waals surface area contributed by atoms with Gasteiger partial charge in [-0.3, -0.25) is 14.5 Å². The Bertz CT molecular complexity index is 913. The van der Waals surface area contributed by atoms with Gasteiger partial charge in [-0.15, -0.1) is 0 Å². The van der Waals surface area contributed by atoms with E-state index in [1.165, 1.54) is 15.2 Å².